The van der Waals surface area contributed by atoms with Gasteiger partial charge in [-0.1, -0.05) is 24.3 Å². The van der Waals surface area contributed by atoms with E-state index in [0.29, 0.717) is 11.7 Å². The van der Waals surface area contributed by atoms with Crippen LogP contribution in [0.5, 0.6) is 5.75 Å². The number of fused-ring (bicyclic) bond motifs is 1. The molecular weight excluding hydrogens is 352 g/mol. The molecule has 1 saturated heterocycles. The smallest absolute Gasteiger partial charge is 0.273 e. The lowest BCUT2D eigenvalue weighted by molar-refractivity contribution is -0.906. The van der Waals surface area contributed by atoms with Crippen molar-refractivity contribution in [1.29, 1.82) is 0 Å². The van der Waals surface area contributed by atoms with E-state index in [-0.39, 0.29) is 11.3 Å². The SMILES string of the molecule is O=C(NNC(=S)NCC[NH+]1CCOCC1)c1cc2ccccc2cc1O. The molecule has 1 aliphatic heterocycles. The van der Waals surface area contributed by atoms with Crippen LogP contribution in [-0.2, 0) is 4.74 Å². The third kappa shape index (κ3) is 4.81. The van der Waals surface area contributed by atoms with Gasteiger partial charge in [0, 0.05) is 0 Å². The Morgan fingerprint density at radius 1 is 1.15 bits per heavy atom. The summed E-state index contributed by atoms with van der Waals surface area (Å²) in [7, 11) is 0. The van der Waals surface area contributed by atoms with Gasteiger partial charge in [-0.15, -0.1) is 0 Å². The van der Waals surface area contributed by atoms with Crippen molar-refractivity contribution in [3.05, 3.63) is 42.0 Å². The van der Waals surface area contributed by atoms with Gasteiger partial charge in [-0.3, -0.25) is 15.6 Å². The highest BCUT2D eigenvalue weighted by atomic mass is 32.1. The van der Waals surface area contributed by atoms with Gasteiger partial charge in [-0.25, -0.2) is 0 Å². The molecule has 0 aliphatic carbocycles. The number of hydrogen-bond acceptors (Lipinski definition) is 4. The van der Waals surface area contributed by atoms with Gasteiger partial charge >= 0.3 is 0 Å². The van der Waals surface area contributed by atoms with Crippen LogP contribution in [0.1, 0.15) is 10.4 Å². The molecule has 3 rings (SSSR count). The number of phenols is 1. The Bertz CT molecular complexity index is 793. The number of nitrogens with one attached hydrogen (secondary N) is 4. The second-order valence-corrected chi connectivity index (χ2v) is 6.57. The average molecular weight is 375 g/mol. The largest absolute Gasteiger partial charge is 0.507 e. The van der Waals surface area contributed by atoms with Gasteiger partial charge in [0.2, 0.25) is 0 Å². The van der Waals surface area contributed by atoms with E-state index in [4.69, 9.17) is 17.0 Å². The summed E-state index contributed by atoms with van der Waals surface area (Å²) in [4.78, 5) is 13.8. The summed E-state index contributed by atoms with van der Waals surface area (Å²) in [6.07, 6.45) is 0. The minimum Gasteiger partial charge on any atom is -0.507 e. The zero-order valence-electron chi connectivity index (χ0n) is 14.4. The highest BCUT2D eigenvalue weighted by molar-refractivity contribution is 7.80. The number of thiocarbonyl (C=S) groups is 1. The molecule has 1 amide bonds. The number of benzene rings is 2. The zero-order chi connectivity index (χ0) is 18.4. The Morgan fingerprint density at radius 2 is 1.85 bits per heavy atom. The third-order valence-corrected chi connectivity index (χ3v) is 4.61. The van der Waals surface area contributed by atoms with E-state index in [1.54, 1.807) is 12.1 Å². The Morgan fingerprint density at radius 3 is 2.58 bits per heavy atom. The second kappa shape index (κ2) is 8.79. The lowest BCUT2D eigenvalue weighted by Gasteiger charge is -2.24. The van der Waals surface area contributed by atoms with Gasteiger partial charge in [-0.2, -0.15) is 0 Å². The van der Waals surface area contributed by atoms with Crippen LogP contribution in [-0.4, -0.2) is 55.5 Å². The third-order valence-electron chi connectivity index (χ3n) is 4.36. The standard InChI is InChI=1S/C18H22N4O3S/c23-16-12-14-4-2-1-3-13(14)11-15(16)17(24)20-21-18(26)19-5-6-22-7-9-25-10-8-22/h1-4,11-12,23H,5-10H2,(H,20,24)(H2,19,21,26)/p+1. The number of quaternary nitrogens is 1. The van der Waals surface area contributed by atoms with Crippen molar-refractivity contribution in [3.8, 4) is 5.75 Å². The number of carbonyl (C=O) groups excluding carboxylic acids is 1. The molecule has 26 heavy (non-hydrogen) atoms. The normalized spacial score (nSPS) is 14.8. The number of phenolic OH excluding ortho intramolecular Hbond substituents is 1. The number of carbonyl (C=O) groups is 1. The Hall–Kier alpha value is -2.42. The van der Waals surface area contributed by atoms with E-state index in [0.717, 1.165) is 43.6 Å². The molecule has 0 unspecified atom stereocenters. The first kappa shape index (κ1) is 18.4. The van der Waals surface area contributed by atoms with Crippen LogP contribution in [0.2, 0.25) is 0 Å². The van der Waals surface area contributed by atoms with Crippen LogP contribution in [0.25, 0.3) is 10.8 Å². The maximum absolute atomic E-state index is 12.3. The molecule has 0 saturated carbocycles. The fraction of sp³-hybridized carbons (Fsp3) is 0.333. The molecule has 0 spiro atoms. The van der Waals surface area contributed by atoms with Gasteiger partial charge in [0.15, 0.2) is 5.11 Å². The number of morpholine rings is 1. The molecule has 5 N–H and O–H groups in total. The predicted molar refractivity (Wildman–Crippen MR) is 103 cm³/mol. The van der Waals surface area contributed by atoms with Crippen LogP contribution in [0.15, 0.2) is 36.4 Å². The first-order valence-electron chi connectivity index (χ1n) is 8.61. The first-order valence-corrected chi connectivity index (χ1v) is 9.01. The molecule has 138 valence electrons. The molecular formula is C18H23N4O3S+. The van der Waals surface area contributed by atoms with Gasteiger partial charge in [-0.05, 0) is 35.1 Å². The van der Waals surface area contributed by atoms with E-state index in [2.05, 4.69) is 16.2 Å². The minimum absolute atomic E-state index is 0.0715. The molecule has 8 heteroatoms. The molecule has 2 aromatic rings. The maximum Gasteiger partial charge on any atom is 0.273 e. The summed E-state index contributed by atoms with van der Waals surface area (Å²) in [5, 5.41) is 15.2. The van der Waals surface area contributed by atoms with E-state index in [1.165, 1.54) is 4.90 Å². The zero-order valence-corrected chi connectivity index (χ0v) is 15.2. The van der Waals surface area contributed by atoms with E-state index >= 15 is 0 Å². The highest BCUT2D eigenvalue weighted by Gasteiger charge is 2.14. The molecule has 1 heterocycles. The lowest BCUT2D eigenvalue weighted by Crippen LogP contribution is -3.14. The van der Waals surface area contributed by atoms with Crippen LogP contribution in [0, 0.1) is 0 Å². The Balaban J connectivity index is 1.47. The van der Waals surface area contributed by atoms with Gasteiger partial charge < -0.3 is 20.1 Å². The fourth-order valence-corrected chi connectivity index (χ4v) is 3.05. The summed E-state index contributed by atoms with van der Waals surface area (Å²) in [6.45, 7) is 5.23. The summed E-state index contributed by atoms with van der Waals surface area (Å²) in [5.74, 6) is -0.519. The number of amides is 1. The number of ether oxygens (including phenoxy) is 1. The van der Waals surface area contributed by atoms with Crippen molar-refractivity contribution >= 4 is 34.0 Å². The molecule has 7 nitrogen and oxygen atoms in total. The van der Waals surface area contributed by atoms with Crippen molar-refractivity contribution in [2.24, 2.45) is 0 Å². The first-order chi connectivity index (χ1) is 12.6. The summed E-state index contributed by atoms with van der Waals surface area (Å²) in [6, 6.07) is 10.8. The molecule has 2 aromatic carbocycles. The quantitative estimate of drug-likeness (QED) is 0.368. The van der Waals surface area contributed by atoms with Gasteiger partial charge in [0.05, 0.1) is 31.9 Å². The predicted octanol–water partition coefficient (Wildman–Crippen LogP) is -0.431. The summed E-state index contributed by atoms with van der Waals surface area (Å²) >= 11 is 5.17. The van der Waals surface area contributed by atoms with Gasteiger partial charge in [0.25, 0.3) is 5.91 Å². The van der Waals surface area contributed by atoms with E-state index in [1.807, 2.05) is 24.3 Å². The second-order valence-electron chi connectivity index (χ2n) is 6.16. The molecule has 0 atom stereocenters. The molecule has 0 bridgehead atoms. The molecule has 0 aromatic heterocycles. The maximum atomic E-state index is 12.3. The van der Waals surface area contributed by atoms with Crippen molar-refractivity contribution in [3.63, 3.8) is 0 Å². The molecule has 1 fully saturated rings. The Kier molecular flexibility index (Phi) is 6.21. The minimum atomic E-state index is -0.448. The highest BCUT2D eigenvalue weighted by Crippen LogP contribution is 2.24. The van der Waals surface area contributed by atoms with Crippen molar-refractivity contribution < 1.29 is 19.5 Å². The monoisotopic (exact) mass is 375 g/mol. The molecule has 0 radical (unpaired) electrons. The average Bonchev–Trinajstić information content (AvgIpc) is 2.66. The lowest BCUT2D eigenvalue weighted by atomic mass is 10.1. The van der Waals surface area contributed by atoms with Crippen molar-refractivity contribution in [2.75, 3.05) is 39.4 Å². The van der Waals surface area contributed by atoms with E-state index < -0.39 is 5.91 Å². The Labute approximate surface area is 157 Å². The van der Waals surface area contributed by atoms with Gasteiger partial charge in [0.1, 0.15) is 18.8 Å². The topological polar surface area (TPSA) is 87.1 Å². The summed E-state index contributed by atoms with van der Waals surface area (Å²) < 4.78 is 5.32. The van der Waals surface area contributed by atoms with Crippen molar-refractivity contribution in [1.82, 2.24) is 16.2 Å². The van der Waals surface area contributed by atoms with Crippen LogP contribution >= 0.6 is 12.2 Å². The van der Waals surface area contributed by atoms with Crippen LogP contribution < -0.4 is 21.1 Å². The van der Waals surface area contributed by atoms with Crippen LogP contribution in [0.4, 0.5) is 0 Å². The number of aromatic hydroxyl groups is 1. The number of hydrogen-bond donors (Lipinski definition) is 5. The summed E-state index contributed by atoms with van der Waals surface area (Å²) in [5.41, 5.74) is 5.37. The number of hydrazine groups is 1. The fourth-order valence-electron chi connectivity index (χ4n) is 2.90. The van der Waals surface area contributed by atoms with E-state index in [9.17, 15) is 9.90 Å². The van der Waals surface area contributed by atoms with Crippen molar-refractivity contribution in [2.45, 2.75) is 0 Å². The number of rotatable bonds is 4. The molecule has 1 aliphatic rings. The van der Waals surface area contributed by atoms with Crippen LogP contribution in [0.3, 0.4) is 0 Å².